The largest absolute Gasteiger partial charge is 0.573 e. The first-order valence-corrected chi connectivity index (χ1v) is 11.2. The van der Waals surface area contributed by atoms with Crippen molar-refractivity contribution in [3.63, 3.8) is 0 Å². The van der Waals surface area contributed by atoms with Crippen molar-refractivity contribution >= 4 is 11.6 Å². The smallest absolute Gasteiger partial charge is 0.489 e. The number of nitrogens with two attached hydrogens (primary N) is 1. The number of nitrogens with one attached hydrogen (secondary N) is 1. The van der Waals surface area contributed by atoms with Gasteiger partial charge in [0.05, 0.1) is 5.69 Å². The molecule has 0 saturated carbocycles. The molecule has 1 heterocycles. The Morgan fingerprint density at radius 2 is 1.97 bits per heavy atom. The first-order chi connectivity index (χ1) is 15.8. The number of likely N-dealkylation sites (tertiary alicyclic amines) is 1. The second-order valence-electron chi connectivity index (χ2n) is 8.18. The summed E-state index contributed by atoms with van der Waals surface area (Å²) in [6, 6.07) is 13.1. The molecule has 9 heteroatoms. The minimum Gasteiger partial charge on any atom is -0.489 e. The van der Waals surface area contributed by atoms with Gasteiger partial charge in [-0.25, -0.2) is 4.99 Å². The number of piperidine rings is 1. The predicted molar refractivity (Wildman–Crippen MR) is 123 cm³/mol. The SMILES string of the molecule is CC1CCCN(/C(=N/c2ccc(OCc3cccc(OC(F)(F)F)c3)cc2)NCCCN)C1. The van der Waals surface area contributed by atoms with E-state index in [0.717, 1.165) is 44.1 Å². The molecule has 0 amide bonds. The van der Waals surface area contributed by atoms with E-state index in [4.69, 9.17) is 15.5 Å². The number of guanidine groups is 1. The zero-order chi connectivity index (χ0) is 23.7. The van der Waals surface area contributed by atoms with Crippen molar-refractivity contribution in [3.05, 3.63) is 54.1 Å². The summed E-state index contributed by atoms with van der Waals surface area (Å²) in [5.74, 6) is 1.80. The molecule has 1 aliphatic rings. The van der Waals surface area contributed by atoms with Crippen molar-refractivity contribution in [2.75, 3.05) is 26.2 Å². The van der Waals surface area contributed by atoms with Gasteiger partial charge in [0, 0.05) is 19.6 Å². The first-order valence-electron chi connectivity index (χ1n) is 11.2. The molecule has 0 bridgehead atoms. The fourth-order valence-electron chi connectivity index (χ4n) is 3.64. The number of benzene rings is 2. The molecule has 3 rings (SSSR count). The van der Waals surface area contributed by atoms with Crippen molar-refractivity contribution in [2.45, 2.75) is 39.2 Å². The van der Waals surface area contributed by atoms with E-state index in [1.54, 1.807) is 18.2 Å². The van der Waals surface area contributed by atoms with Gasteiger partial charge >= 0.3 is 6.36 Å². The molecular formula is C24H31F3N4O2. The van der Waals surface area contributed by atoms with Crippen LogP contribution in [0.3, 0.4) is 0 Å². The van der Waals surface area contributed by atoms with Crippen LogP contribution in [0.15, 0.2) is 53.5 Å². The van der Waals surface area contributed by atoms with Crippen LogP contribution in [-0.2, 0) is 6.61 Å². The topological polar surface area (TPSA) is 72.1 Å². The van der Waals surface area contributed by atoms with Gasteiger partial charge in [0.25, 0.3) is 0 Å². The Bertz CT molecular complexity index is 903. The van der Waals surface area contributed by atoms with E-state index in [2.05, 4.69) is 21.9 Å². The summed E-state index contributed by atoms with van der Waals surface area (Å²) in [7, 11) is 0. The van der Waals surface area contributed by atoms with E-state index in [1.165, 1.54) is 24.6 Å². The number of hydrogen-bond acceptors (Lipinski definition) is 4. The van der Waals surface area contributed by atoms with Crippen LogP contribution in [0.25, 0.3) is 0 Å². The van der Waals surface area contributed by atoms with Gasteiger partial charge in [-0.1, -0.05) is 19.1 Å². The molecule has 0 aromatic heterocycles. The highest BCUT2D eigenvalue weighted by atomic mass is 19.4. The molecule has 1 saturated heterocycles. The van der Waals surface area contributed by atoms with E-state index < -0.39 is 6.36 Å². The van der Waals surface area contributed by atoms with Gasteiger partial charge in [0.2, 0.25) is 0 Å². The van der Waals surface area contributed by atoms with E-state index in [9.17, 15) is 13.2 Å². The van der Waals surface area contributed by atoms with Gasteiger partial charge in [-0.15, -0.1) is 13.2 Å². The standard InChI is InChI=1S/C24H31F3N4O2/c1-18-5-3-14-31(16-18)23(29-13-4-12-28)30-20-8-10-21(11-9-20)32-17-19-6-2-7-22(15-19)33-24(25,26)27/h2,6-11,15,18H,3-5,12-14,16-17,28H2,1H3,(H,29,30). The Morgan fingerprint density at radius 1 is 1.18 bits per heavy atom. The highest BCUT2D eigenvalue weighted by Gasteiger charge is 2.31. The van der Waals surface area contributed by atoms with Crippen molar-refractivity contribution in [1.82, 2.24) is 10.2 Å². The fraction of sp³-hybridized carbons (Fsp3) is 0.458. The summed E-state index contributed by atoms with van der Waals surface area (Å²) in [5, 5.41) is 3.41. The van der Waals surface area contributed by atoms with E-state index in [-0.39, 0.29) is 12.4 Å². The zero-order valence-corrected chi connectivity index (χ0v) is 18.8. The third-order valence-corrected chi connectivity index (χ3v) is 5.23. The van der Waals surface area contributed by atoms with Crippen molar-refractivity contribution in [2.24, 2.45) is 16.6 Å². The highest BCUT2D eigenvalue weighted by molar-refractivity contribution is 5.83. The van der Waals surface area contributed by atoms with Gasteiger partial charge in [-0.05, 0) is 73.7 Å². The van der Waals surface area contributed by atoms with Gasteiger partial charge in [0.15, 0.2) is 5.96 Å². The Labute approximate surface area is 192 Å². The fourth-order valence-corrected chi connectivity index (χ4v) is 3.64. The van der Waals surface area contributed by atoms with E-state index in [1.807, 2.05) is 12.1 Å². The van der Waals surface area contributed by atoms with Crippen LogP contribution in [-0.4, -0.2) is 43.4 Å². The maximum atomic E-state index is 12.4. The molecule has 3 N–H and O–H groups in total. The second kappa shape index (κ2) is 11.8. The van der Waals surface area contributed by atoms with Gasteiger partial charge in [0.1, 0.15) is 18.1 Å². The minimum atomic E-state index is -4.72. The molecule has 6 nitrogen and oxygen atoms in total. The molecule has 0 aliphatic carbocycles. The van der Waals surface area contributed by atoms with Gasteiger partial charge in [-0.2, -0.15) is 0 Å². The van der Waals surface area contributed by atoms with Gasteiger partial charge < -0.3 is 25.4 Å². The third kappa shape index (κ3) is 8.49. The highest BCUT2D eigenvalue weighted by Crippen LogP contribution is 2.25. The molecule has 2 aromatic rings. The maximum Gasteiger partial charge on any atom is 0.573 e. The number of alkyl halides is 3. The van der Waals surface area contributed by atoms with Crippen molar-refractivity contribution in [1.29, 1.82) is 0 Å². The lowest BCUT2D eigenvalue weighted by Gasteiger charge is -2.33. The van der Waals surface area contributed by atoms with Crippen LogP contribution in [0, 0.1) is 5.92 Å². The average Bonchev–Trinajstić information content (AvgIpc) is 2.77. The van der Waals surface area contributed by atoms with Crippen LogP contribution in [0.5, 0.6) is 11.5 Å². The van der Waals surface area contributed by atoms with Crippen molar-refractivity contribution < 1.29 is 22.6 Å². The number of aliphatic imine (C=N–C) groups is 1. The molecule has 33 heavy (non-hydrogen) atoms. The average molecular weight is 465 g/mol. The lowest BCUT2D eigenvalue weighted by Crippen LogP contribution is -2.46. The monoisotopic (exact) mass is 464 g/mol. The summed E-state index contributed by atoms with van der Waals surface area (Å²) in [5.41, 5.74) is 6.99. The normalized spacial score (nSPS) is 17.1. The Kier molecular flexibility index (Phi) is 8.82. The Balaban J connectivity index is 1.63. The van der Waals surface area contributed by atoms with Crippen LogP contribution in [0.2, 0.25) is 0 Å². The molecule has 0 spiro atoms. The van der Waals surface area contributed by atoms with E-state index in [0.29, 0.717) is 23.8 Å². The lowest BCUT2D eigenvalue weighted by atomic mass is 10.0. The molecule has 180 valence electrons. The summed E-state index contributed by atoms with van der Waals surface area (Å²) >= 11 is 0. The molecule has 1 unspecified atom stereocenters. The van der Waals surface area contributed by atoms with Crippen LogP contribution < -0.4 is 20.5 Å². The third-order valence-electron chi connectivity index (χ3n) is 5.23. The number of rotatable bonds is 8. The van der Waals surface area contributed by atoms with E-state index >= 15 is 0 Å². The minimum absolute atomic E-state index is 0.120. The van der Waals surface area contributed by atoms with Gasteiger partial charge in [-0.3, -0.25) is 0 Å². The maximum absolute atomic E-state index is 12.4. The number of nitrogens with zero attached hydrogens (tertiary/aromatic N) is 2. The number of hydrogen-bond donors (Lipinski definition) is 2. The molecule has 1 atom stereocenters. The van der Waals surface area contributed by atoms with Crippen molar-refractivity contribution in [3.8, 4) is 11.5 Å². The summed E-state index contributed by atoms with van der Waals surface area (Å²) < 4.78 is 46.9. The van der Waals surface area contributed by atoms with Crippen LogP contribution in [0.1, 0.15) is 31.7 Å². The zero-order valence-electron chi connectivity index (χ0n) is 18.8. The quantitative estimate of drug-likeness (QED) is 0.333. The Morgan fingerprint density at radius 3 is 2.67 bits per heavy atom. The lowest BCUT2D eigenvalue weighted by molar-refractivity contribution is -0.274. The summed E-state index contributed by atoms with van der Waals surface area (Å²) in [6.45, 7) is 5.69. The van der Waals surface area contributed by atoms with Crippen LogP contribution >= 0.6 is 0 Å². The molecule has 1 aliphatic heterocycles. The Hall–Kier alpha value is -2.94. The summed E-state index contributed by atoms with van der Waals surface area (Å²) in [6.07, 6.45) is -1.49. The molecule has 2 aromatic carbocycles. The number of halogens is 3. The molecule has 0 radical (unpaired) electrons. The molecule has 1 fully saturated rings. The first kappa shape index (κ1) is 24.7. The second-order valence-corrected chi connectivity index (χ2v) is 8.18. The number of ether oxygens (including phenoxy) is 2. The van der Waals surface area contributed by atoms with Crippen LogP contribution in [0.4, 0.5) is 18.9 Å². The predicted octanol–water partition coefficient (Wildman–Crippen LogP) is 4.82. The summed E-state index contributed by atoms with van der Waals surface area (Å²) in [4.78, 5) is 7.09. The molecular weight excluding hydrogens is 433 g/mol.